The van der Waals surface area contributed by atoms with Crippen molar-refractivity contribution in [1.82, 2.24) is 19.3 Å². The van der Waals surface area contributed by atoms with Crippen molar-refractivity contribution in [1.29, 1.82) is 0 Å². The van der Waals surface area contributed by atoms with Gasteiger partial charge in [-0.3, -0.25) is 4.79 Å². The third-order valence-corrected chi connectivity index (χ3v) is 4.70. The molecular weight excluding hydrogens is 372 g/mol. The lowest BCUT2D eigenvalue weighted by atomic mass is 10.1. The number of aromatic nitrogens is 4. The van der Waals surface area contributed by atoms with Crippen LogP contribution in [0.15, 0.2) is 44.4 Å². The van der Waals surface area contributed by atoms with Gasteiger partial charge in [0.05, 0.1) is 6.10 Å². The summed E-state index contributed by atoms with van der Waals surface area (Å²) in [7, 11) is 1.59. The van der Waals surface area contributed by atoms with Crippen LogP contribution in [0.25, 0.3) is 0 Å². The summed E-state index contributed by atoms with van der Waals surface area (Å²) in [5, 5.41) is 14.7. The number of hydrogen-bond acceptors (Lipinski definition) is 6. The van der Waals surface area contributed by atoms with Gasteiger partial charge in [-0.25, -0.2) is 9.36 Å². The number of nitrogens with zero attached hydrogens (tertiary/aromatic N) is 4. The topological polar surface area (TPSA) is 103 Å². The van der Waals surface area contributed by atoms with Crippen molar-refractivity contribution in [2.24, 2.45) is 7.05 Å². The van der Waals surface area contributed by atoms with Crippen molar-refractivity contribution in [3.8, 4) is 0 Å². The Balaban J connectivity index is 1.84. The Labute approximate surface area is 159 Å². The second kappa shape index (κ2) is 7.50. The van der Waals surface area contributed by atoms with Gasteiger partial charge in [0.2, 0.25) is 5.89 Å². The normalized spacial score (nSPS) is 13.5. The zero-order chi connectivity index (χ0) is 19.7. The number of hydrogen-bond donors (Lipinski definition) is 1. The zero-order valence-electron chi connectivity index (χ0n) is 15.1. The molecule has 0 saturated heterocycles. The van der Waals surface area contributed by atoms with Crippen LogP contribution in [0, 0.1) is 6.92 Å². The van der Waals surface area contributed by atoms with E-state index in [0.29, 0.717) is 16.3 Å². The minimum absolute atomic E-state index is 0.122. The number of aryl methyl sites for hydroxylation is 1. The van der Waals surface area contributed by atoms with E-state index in [-0.39, 0.29) is 18.1 Å². The van der Waals surface area contributed by atoms with Gasteiger partial charge in [-0.05, 0) is 31.5 Å². The van der Waals surface area contributed by atoms with Gasteiger partial charge in [-0.1, -0.05) is 28.9 Å². The van der Waals surface area contributed by atoms with Crippen molar-refractivity contribution in [2.75, 3.05) is 0 Å². The third-order valence-electron chi connectivity index (χ3n) is 4.45. The predicted octanol–water partition coefficient (Wildman–Crippen LogP) is 1.78. The second-order valence-corrected chi connectivity index (χ2v) is 6.77. The van der Waals surface area contributed by atoms with Gasteiger partial charge in [-0.15, -0.1) is 0 Å². The van der Waals surface area contributed by atoms with E-state index in [4.69, 9.17) is 16.1 Å². The highest BCUT2D eigenvalue weighted by Crippen LogP contribution is 2.20. The maximum absolute atomic E-state index is 12.4. The van der Waals surface area contributed by atoms with Gasteiger partial charge in [0.1, 0.15) is 6.04 Å². The molecule has 0 radical (unpaired) electrons. The first kappa shape index (κ1) is 19.1. The molecule has 1 N–H and O–H groups in total. The van der Waals surface area contributed by atoms with Crippen molar-refractivity contribution in [2.45, 2.75) is 32.4 Å². The average Bonchev–Trinajstić information content (AvgIpc) is 3.08. The highest BCUT2D eigenvalue weighted by molar-refractivity contribution is 6.30. The molecular formula is C18H19ClN4O4. The van der Waals surface area contributed by atoms with Crippen LogP contribution in [-0.4, -0.2) is 24.4 Å². The molecule has 0 bridgehead atoms. The zero-order valence-corrected chi connectivity index (χ0v) is 15.8. The number of halogens is 1. The van der Waals surface area contributed by atoms with Crippen LogP contribution < -0.4 is 11.2 Å². The fourth-order valence-electron chi connectivity index (χ4n) is 2.71. The summed E-state index contributed by atoms with van der Waals surface area (Å²) < 4.78 is 7.65. The molecule has 2 atom stereocenters. The SMILES string of the molecule is Cc1cc(=O)n([C@@H](C)c2nc(C[C@H](O)c3ccc(Cl)cc3)no2)c(=O)n1C. The van der Waals surface area contributed by atoms with E-state index in [9.17, 15) is 14.7 Å². The molecule has 0 fully saturated rings. The van der Waals surface area contributed by atoms with Crippen LogP contribution in [0.3, 0.4) is 0 Å². The van der Waals surface area contributed by atoms with Gasteiger partial charge in [0.25, 0.3) is 5.56 Å². The Hall–Kier alpha value is -2.71. The second-order valence-electron chi connectivity index (χ2n) is 6.33. The van der Waals surface area contributed by atoms with Crippen molar-refractivity contribution < 1.29 is 9.63 Å². The summed E-state index contributed by atoms with van der Waals surface area (Å²) in [4.78, 5) is 28.9. The van der Waals surface area contributed by atoms with Crippen LogP contribution in [0.5, 0.6) is 0 Å². The van der Waals surface area contributed by atoms with E-state index >= 15 is 0 Å². The fourth-order valence-corrected chi connectivity index (χ4v) is 2.84. The van der Waals surface area contributed by atoms with Crippen LogP contribution in [0.1, 0.15) is 42.0 Å². The van der Waals surface area contributed by atoms with Gasteiger partial charge in [-0.2, -0.15) is 4.98 Å². The number of benzene rings is 1. The van der Waals surface area contributed by atoms with E-state index in [2.05, 4.69) is 10.1 Å². The highest BCUT2D eigenvalue weighted by atomic mass is 35.5. The lowest BCUT2D eigenvalue weighted by Gasteiger charge is -2.12. The smallest absolute Gasteiger partial charge is 0.331 e. The first-order valence-corrected chi connectivity index (χ1v) is 8.71. The molecule has 2 aromatic heterocycles. The Morgan fingerprint density at radius 3 is 2.59 bits per heavy atom. The number of aliphatic hydroxyl groups excluding tert-OH is 1. The summed E-state index contributed by atoms with van der Waals surface area (Å²) in [6.45, 7) is 3.31. The molecule has 27 heavy (non-hydrogen) atoms. The molecule has 0 saturated carbocycles. The molecule has 1 aromatic carbocycles. The maximum Gasteiger partial charge on any atom is 0.331 e. The van der Waals surface area contributed by atoms with E-state index in [0.717, 1.165) is 4.57 Å². The Morgan fingerprint density at radius 2 is 1.93 bits per heavy atom. The molecule has 0 aliphatic rings. The number of rotatable bonds is 5. The molecule has 0 spiro atoms. The maximum atomic E-state index is 12.4. The monoisotopic (exact) mass is 390 g/mol. The van der Waals surface area contributed by atoms with Crippen LogP contribution in [0.2, 0.25) is 5.02 Å². The minimum atomic E-state index is -0.835. The summed E-state index contributed by atoms with van der Waals surface area (Å²) in [5.74, 6) is 0.396. The minimum Gasteiger partial charge on any atom is -0.388 e. The standard InChI is InChI=1S/C18H19ClN4O4/c1-10-8-16(25)23(18(26)22(10)3)11(2)17-20-15(21-27-17)9-14(24)12-4-6-13(19)7-5-12/h4-8,11,14,24H,9H2,1-3H3/t11-,14-/m0/s1. The largest absolute Gasteiger partial charge is 0.388 e. The van der Waals surface area contributed by atoms with Gasteiger partial charge in [0, 0.05) is 30.3 Å². The van der Waals surface area contributed by atoms with Crippen molar-refractivity contribution in [3.05, 3.63) is 79.2 Å². The Bertz CT molecular complexity index is 1070. The van der Waals surface area contributed by atoms with E-state index in [1.165, 1.54) is 10.6 Å². The predicted molar refractivity (Wildman–Crippen MR) is 98.9 cm³/mol. The summed E-state index contributed by atoms with van der Waals surface area (Å²) in [6, 6.07) is 7.44. The van der Waals surface area contributed by atoms with Crippen LogP contribution in [0.4, 0.5) is 0 Å². The first-order chi connectivity index (χ1) is 12.8. The Kier molecular flexibility index (Phi) is 5.29. The van der Waals surface area contributed by atoms with Crippen LogP contribution >= 0.6 is 11.6 Å². The highest BCUT2D eigenvalue weighted by Gasteiger charge is 2.22. The van der Waals surface area contributed by atoms with Crippen molar-refractivity contribution in [3.63, 3.8) is 0 Å². The first-order valence-electron chi connectivity index (χ1n) is 8.33. The summed E-state index contributed by atoms with van der Waals surface area (Å²) in [5.41, 5.74) is 0.325. The number of aliphatic hydroxyl groups is 1. The molecule has 0 unspecified atom stereocenters. The van der Waals surface area contributed by atoms with E-state index < -0.39 is 23.4 Å². The van der Waals surface area contributed by atoms with Gasteiger partial charge < -0.3 is 14.2 Å². The molecule has 9 heteroatoms. The van der Waals surface area contributed by atoms with Gasteiger partial charge >= 0.3 is 5.69 Å². The summed E-state index contributed by atoms with van der Waals surface area (Å²) in [6.07, 6.45) is -0.712. The lowest BCUT2D eigenvalue weighted by molar-refractivity contribution is 0.174. The lowest BCUT2D eigenvalue weighted by Crippen LogP contribution is -2.41. The van der Waals surface area contributed by atoms with Gasteiger partial charge in [0.15, 0.2) is 5.82 Å². The fraction of sp³-hybridized carbons (Fsp3) is 0.333. The molecule has 142 valence electrons. The molecule has 0 aliphatic carbocycles. The molecule has 2 heterocycles. The molecule has 0 amide bonds. The average molecular weight is 391 g/mol. The summed E-state index contributed by atoms with van der Waals surface area (Å²) >= 11 is 5.84. The molecule has 3 aromatic rings. The molecule has 8 nitrogen and oxygen atoms in total. The molecule has 0 aliphatic heterocycles. The van der Waals surface area contributed by atoms with E-state index in [1.54, 1.807) is 45.2 Å². The Morgan fingerprint density at radius 1 is 1.26 bits per heavy atom. The van der Waals surface area contributed by atoms with Crippen molar-refractivity contribution >= 4 is 11.6 Å². The van der Waals surface area contributed by atoms with Crippen LogP contribution in [-0.2, 0) is 13.5 Å². The van der Waals surface area contributed by atoms with E-state index in [1.807, 2.05) is 0 Å². The quantitative estimate of drug-likeness (QED) is 0.712. The third kappa shape index (κ3) is 3.86. The molecule has 3 rings (SSSR count).